The van der Waals surface area contributed by atoms with E-state index in [-0.39, 0.29) is 11.8 Å². The van der Waals surface area contributed by atoms with Crippen LogP contribution in [0.5, 0.6) is 11.5 Å². The molecule has 0 radical (unpaired) electrons. The molecule has 0 unspecified atom stereocenters. The van der Waals surface area contributed by atoms with Crippen LogP contribution in [-0.2, 0) is 4.79 Å². The Balaban J connectivity index is 1.78. The molecule has 0 N–H and O–H groups in total. The molecule has 2 aromatic heterocycles. The van der Waals surface area contributed by atoms with E-state index in [0.717, 1.165) is 11.7 Å². The van der Waals surface area contributed by atoms with Gasteiger partial charge in [-0.25, -0.2) is 0 Å². The molecule has 3 heterocycles. The summed E-state index contributed by atoms with van der Waals surface area (Å²) in [6, 6.07) is 8.49. The van der Waals surface area contributed by atoms with Gasteiger partial charge in [0.2, 0.25) is 0 Å². The number of carbonyl (C=O) groups is 1. The van der Waals surface area contributed by atoms with Crippen LogP contribution >= 0.6 is 11.7 Å². The van der Waals surface area contributed by atoms with E-state index in [1.165, 1.54) is 13.4 Å². The highest BCUT2D eigenvalue weighted by molar-refractivity contribution is 7.00. The van der Waals surface area contributed by atoms with Gasteiger partial charge in [-0.1, -0.05) is 0 Å². The van der Waals surface area contributed by atoms with Gasteiger partial charge in [-0.05, 0) is 30.3 Å². The van der Waals surface area contributed by atoms with Gasteiger partial charge in [0.15, 0.2) is 5.43 Å². The summed E-state index contributed by atoms with van der Waals surface area (Å²) in [6.45, 7) is 0. The number of methoxy groups -OCH3 is 1. The van der Waals surface area contributed by atoms with Crippen LogP contribution in [-0.4, -0.2) is 21.8 Å². The largest absolute Gasteiger partial charge is 0.497 e. The lowest BCUT2D eigenvalue weighted by Crippen LogP contribution is -2.25. The molecule has 1 aliphatic heterocycles. The molecular formula is C19H12N2O5S. The molecular weight excluding hydrogens is 368 g/mol. The Bertz CT molecular complexity index is 1280. The third kappa shape index (κ3) is 2.41. The van der Waals surface area contributed by atoms with Gasteiger partial charge in [-0.3, -0.25) is 9.59 Å². The lowest BCUT2D eigenvalue weighted by Gasteiger charge is -2.24. The maximum Gasteiger partial charge on any atom is 0.312 e. The van der Waals surface area contributed by atoms with E-state index in [1.54, 1.807) is 30.3 Å². The van der Waals surface area contributed by atoms with E-state index in [0.29, 0.717) is 44.6 Å². The number of esters is 1. The number of ether oxygens (including phenoxy) is 2. The van der Waals surface area contributed by atoms with Crippen molar-refractivity contribution in [3.63, 3.8) is 0 Å². The highest BCUT2D eigenvalue weighted by Gasteiger charge is 2.33. The Labute approximate surface area is 156 Å². The average Bonchev–Trinajstić information content (AvgIpc) is 3.16. The van der Waals surface area contributed by atoms with Crippen LogP contribution in [0.1, 0.15) is 23.5 Å². The molecule has 0 amide bonds. The van der Waals surface area contributed by atoms with Crippen molar-refractivity contribution in [2.45, 2.75) is 12.3 Å². The van der Waals surface area contributed by atoms with Crippen molar-refractivity contribution in [2.75, 3.05) is 7.11 Å². The van der Waals surface area contributed by atoms with Crippen LogP contribution in [0.4, 0.5) is 0 Å². The molecule has 8 heteroatoms. The van der Waals surface area contributed by atoms with Gasteiger partial charge in [0.05, 0.1) is 36.9 Å². The molecule has 0 aliphatic carbocycles. The first kappa shape index (κ1) is 16.0. The fraction of sp³-hybridized carbons (Fsp3) is 0.158. The van der Waals surface area contributed by atoms with Crippen LogP contribution in [0, 0.1) is 0 Å². The van der Waals surface area contributed by atoms with Gasteiger partial charge in [0.1, 0.15) is 28.1 Å². The lowest BCUT2D eigenvalue weighted by molar-refractivity contribution is -0.135. The van der Waals surface area contributed by atoms with E-state index in [1.807, 2.05) is 0 Å². The zero-order valence-corrected chi connectivity index (χ0v) is 14.9. The summed E-state index contributed by atoms with van der Waals surface area (Å²) in [6.07, 6.45) is 1.45. The van der Waals surface area contributed by atoms with E-state index in [4.69, 9.17) is 13.9 Å². The van der Waals surface area contributed by atoms with Gasteiger partial charge < -0.3 is 13.9 Å². The van der Waals surface area contributed by atoms with Gasteiger partial charge in [-0.2, -0.15) is 8.75 Å². The van der Waals surface area contributed by atoms with Gasteiger partial charge >= 0.3 is 5.97 Å². The molecule has 1 aliphatic rings. The number of aromatic nitrogens is 2. The lowest BCUT2D eigenvalue weighted by atomic mass is 9.86. The number of hydrogen-bond acceptors (Lipinski definition) is 8. The summed E-state index contributed by atoms with van der Waals surface area (Å²) >= 11 is 1.08. The van der Waals surface area contributed by atoms with E-state index >= 15 is 0 Å². The molecule has 0 spiro atoms. The van der Waals surface area contributed by atoms with Crippen molar-refractivity contribution in [3.05, 3.63) is 57.9 Å². The monoisotopic (exact) mass is 380 g/mol. The van der Waals surface area contributed by atoms with Crippen molar-refractivity contribution < 1.29 is 18.7 Å². The predicted molar refractivity (Wildman–Crippen MR) is 98.5 cm³/mol. The molecule has 7 nitrogen and oxygen atoms in total. The van der Waals surface area contributed by atoms with Crippen LogP contribution in [0.25, 0.3) is 22.0 Å². The highest BCUT2D eigenvalue weighted by atomic mass is 32.1. The Kier molecular flexibility index (Phi) is 3.48. The van der Waals surface area contributed by atoms with Crippen LogP contribution in [0.3, 0.4) is 0 Å². The normalized spacial score (nSPS) is 16.3. The first-order valence-corrected chi connectivity index (χ1v) is 8.94. The SMILES string of the molecule is COc1ccc2occ([C@H]3CC(=O)Oc4ccc5nsnc5c43)c(=O)c2c1. The van der Waals surface area contributed by atoms with E-state index in [9.17, 15) is 9.59 Å². The van der Waals surface area contributed by atoms with Crippen molar-refractivity contribution in [1.29, 1.82) is 0 Å². The summed E-state index contributed by atoms with van der Waals surface area (Å²) < 4.78 is 24.8. The first-order valence-electron chi connectivity index (χ1n) is 8.21. The molecule has 5 rings (SSSR count). The second-order valence-corrected chi connectivity index (χ2v) is 6.75. The minimum atomic E-state index is -0.513. The zero-order chi connectivity index (χ0) is 18.5. The minimum absolute atomic E-state index is 0.0316. The number of hydrogen-bond donors (Lipinski definition) is 0. The quantitative estimate of drug-likeness (QED) is 0.389. The van der Waals surface area contributed by atoms with Crippen molar-refractivity contribution >= 4 is 39.7 Å². The van der Waals surface area contributed by atoms with Crippen molar-refractivity contribution in [3.8, 4) is 11.5 Å². The molecule has 0 saturated carbocycles. The molecule has 4 aromatic rings. The topological polar surface area (TPSA) is 91.5 Å². The summed E-state index contributed by atoms with van der Waals surface area (Å²) in [5.74, 6) is 0.0453. The first-order chi connectivity index (χ1) is 13.2. The fourth-order valence-corrected chi connectivity index (χ4v) is 4.02. The minimum Gasteiger partial charge on any atom is -0.497 e. The average molecular weight is 380 g/mol. The number of nitrogens with zero attached hydrogens (tertiary/aromatic N) is 2. The van der Waals surface area contributed by atoms with Crippen LogP contribution in [0.15, 0.2) is 45.8 Å². The molecule has 0 fully saturated rings. The standard InChI is InChI=1S/C19H12N2O5S/c1-24-9-2-4-14-11(6-9)19(23)12(8-25-14)10-7-16(22)26-15-5-3-13-18(17(10)15)21-27-20-13/h2-6,8,10H,7H2,1H3/t10-/m1/s1. The zero-order valence-electron chi connectivity index (χ0n) is 14.1. The molecule has 0 bridgehead atoms. The highest BCUT2D eigenvalue weighted by Crippen LogP contribution is 2.41. The van der Waals surface area contributed by atoms with Gasteiger partial charge in [0, 0.05) is 17.0 Å². The van der Waals surface area contributed by atoms with E-state index in [2.05, 4.69) is 8.75 Å². The maximum absolute atomic E-state index is 13.2. The van der Waals surface area contributed by atoms with Crippen molar-refractivity contribution in [2.24, 2.45) is 0 Å². The Morgan fingerprint density at radius 2 is 2.07 bits per heavy atom. The Hall–Kier alpha value is -3.26. The van der Waals surface area contributed by atoms with Crippen molar-refractivity contribution in [1.82, 2.24) is 8.75 Å². The third-order valence-corrected chi connectivity index (χ3v) is 5.29. The second kappa shape index (κ2) is 5.88. The number of benzene rings is 2. The predicted octanol–water partition coefficient (Wildman–Crippen LogP) is 3.25. The fourth-order valence-electron chi connectivity index (χ4n) is 3.47. The second-order valence-electron chi connectivity index (χ2n) is 6.22. The summed E-state index contributed by atoms with van der Waals surface area (Å²) in [4.78, 5) is 25.3. The van der Waals surface area contributed by atoms with Gasteiger partial charge in [-0.15, -0.1) is 0 Å². The molecule has 134 valence electrons. The number of carbonyl (C=O) groups excluding carboxylic acids is 1. The smallest absolute Gasteiger partial charge is 0.312 e. The summed E-state index contributed by atoms with van der Waals surface area (Å²) in [7, 11) is 1.53. The summed E-state index contributed by atoms with van der Waals surface area (Å²) in [5, 5.41) is 0.399. The van der Waals surface area contributed by atoms with Gasteiger partial charge in [0.25, 0.3) is 0 Å². The van der Waals surface area contributed by atoms with Crippen LogP contribution in [0.2, 0.25) is 0 Å². The molecule has 27 heavy (non-hydrogen) atoms. The number of fused-ring (bicyclic) bond motifs is 4. The molecule has 0 saturated heterocycles. The molecule has 1 atom stereocenters. The van der Waals surface area contributed by atoms with E-state index < -0.39 is 11.9 Å². The van der Waals surface area contributed by atoms with Crippen LogP contribution < -0.4 is 14.9 Å². The summed E-state index contributed by atoms with van der Waals surface area (Å²) in [5.41, 5.74) is 2.66. The third-order valence-electron chi connectivity index (χ3n) is 4.75. The Morgan fingerprint density at radius 1 is 1.19 bits per heavy atom. The molecule has 2 aromatic carbocycles. The maximum atomic E-state index is 13.2. The number of rotatable bonds is 2. The Morgan fingerprint density at radius 3 is 2.93 bits per heavy atom.